The second-order valence-corrected chi connectivity index (χ2v) is 5.68. The number of thiazole rings is 1. The van der Waals surface area contributed by atoms with Gasteiger partial charge in [0.1, 0.15) is 5.01 Å². The second kappa shape index (κ2) is 4.91. The van der Waals surface area contributed by atoms with E-state index in [0.717, 1.165) is 10.5 Å². The number of hydrogen-bond donors (Lipinski definition) is 1. The maximum Gasteiger partial charge on any atom is 0.251 e. The summed E-state index contributed by atoms with van der Waals surface area (Å²) in [6.07, 6.45) is 1.51. The zero-order valence-corrected chi connectivity index (χ0v) is 10.9. The summed E-state index contributed by atoms with van der Waals surface area (Å²) < 4.78 is 1.18. The van der Waals surface area contributed by atoms with Crippen LogP contribution >= 0.6 is 23.1 Å². The van der Waals surface area contributed by atoms with Gasteiger partial charge in [0.2, 0.25) is 0 Å². The van der Waals surface area contributed by atoms with Crippen LogP contribution in [0.15, 0.2) is 46.5 Å². The molecule has 0 spiro atoms. The first kappa shape index (κ1) is 11.4. The van der Waals surface area contributed by atoms with Crippen molar-refractivity contribution in [1.29, 1.82) is 0 Å². The van der Waals surface area contributed by atoms with E-state index >= 15 is 0 Å². The highest BCUT2D eigenvalue weighted by Crippen LogP contribution is 2.26. The quantitative estimate of drug-likeness (QED) is 0.590. The van der Waals surface area contributed by atoms with Crippen molar-refractivity contribution in [3.8, 4) is 0 Å². The molecule has 3 rings (SSSR count). The second-order valence-electron chi connectivity index (χ2n) is 3.60. The number of nitrogens with zero attached hydrogens (tertiary/aromatic N) is 2. The largest absolute Gasteiger partial charge is 0.301 e. The van der Waals surface area contributed by atoms with E-state index < -0.39 is 0 Å². The lowest BCUT2D eigenvalue weighted by Crippen LogP contribution is -2.05. The van der Waals surface area contributed by atoms with Crippen molar-refractivity contribution in [3.63, 3.8) is 0 Å². The van der Waals surface area contributed by atoms with E-state index in [2.05, 4.69) is 21.0 Å². The van der Waals surface area contributed by atoms with Gasteiger partial charge in [-0.1, -0.05) is 23.9 Å². The Kier molecular flexibility index (Phi) is 3.12. The molecule has 0 amide bonds. The summed E-state index contributed by atoms with van der Waals surface area (Å²) in [4.78, 5) is 22.4. The van der Waals surface area contributed by atoms with Gasteiger partial charge in [-0.15, -0.1) is 11.3 Å². The Morgan fingerprint density at radius 3 is 3.00 bits per heavy atom. The molecule has 0 aliphatic heterocycles. The molecule has 0 aliphatic rings. The first-order valence-electron chi connectivity index (χ1n) is 5.34. The minimum Gasteiger partial charge on any atom is -0.301 e. The zero-order valence-electron chi connectivity index (χ0n) is 9.29. The van der Waals surface area contributed by atoms with Gasteiger partial charge in [0, 0.05) is 12.3 Å². The predicted molar refractivity (Wildman–Crippen MR) is 74.0 cm³/mol. The van der Waals surface area contributed by atoms with E-state index in [9.17, 15) is 4.79 Å². The fourth-order valence-electron chi connectivity index (χ4n) is 1.54. The molecular weight excluding hydrogens is 266 g/mol. The summed E-state index contributed by atoms with van der Waals surface area (Å²) in [6, 6.07) is 9.46. The smallest absolute Gasteiger partial charge is 0.251 e. The molecule has 0 saturated carbocycles. The molecule has 0 bridgehead atoms. The Bertz CT molecular complexity index is 702. The summed E-state index contributed by atoms with van der Waals surface area (Å²) in [5, 5.41) is 1.66. The average Bonchev–Trinajstić information content (AvgIpc) is 2.79. The SMILES string of the molecule is O=c1ccnc(SCc2nc3ccccc3s2)[nH]1. The Morgan fingerprint density at radius 2 is 2.17 bits per heavy atom. The van der Waals surface area contributed by atoms with E-state index in [4.69, 9.17) is 0 Å². The minimum atomic E-state index is -0.128. The average molecular weight is 275 g/mol. The standard InChI is InChI=1S/C12H9N3OS2/c16-10-5-6-13-12(15-10)17-7-11-14-8-3-1-2-4-9(8)18-11/h1-6H,7H2,(H,13,15,16). The molecule has 90 valence electrons. The van der Waals surface area contributed by atoms with Crippen molar-refractivity contribution in [1.82, 2.24) is 15.0 Å². The molecule has 2 heterocycles. The van der Waals surface area contributed by atoms with Crippen LogP contribution in [-0.4, -0.2) is 15.0 Å². The lowest BCUT2D eigenvalue weighted by molar-refractivity contribution is 0.936. The van der Waals surface area contributed by atoms with Crippen molar-refractivity contribution in [2.24, 2.45) is 0 Å². The first-order chi connectivity index (χ1) is 8.81. The molecule has 0 atom stereocenters. The van der Waals surface area contributed by atoms with Crippen molar-refractivity contribution in [2.75, 3.05) is 0 Å². The van der Waals surface area contributed by atoms with Gasteiger partial charge in [-0.05, 0) is 12.1 Å². The third-order valence-electron chi connectivity index (χ3n) is 2.32. The van der Waals surface area contributed by atoms with Crippen LogP contribution in [0.3, 0.4) is 0 Å². The molecule has 4 nitrogen and oxygen atoms in total. The van der Waals surface area contributed by atoms with Crippen LogP contribution in [0.4, 0.5) is 0 Å². The number of para-hydroxylation sites is 1. The number of H-pyrrole nitrogens is 1. The molecule has 0 unspecified atom stereocenters. The molecule has 0 radical (unpaired) electrons. The molecule has 0 fully saturated rings. The number of hydrogen-bond acceptors (Lipinski definition) is 5. The van der Waals surface area contributed by atoms with E-state index in [1.807, 2.05) is 18.2 Å². The van der Waals surface area contributed by atoms with E-state index in [-0.39, 0.29) is 5.56 Å². The Balaban J connectivity index is 1.78. The highest BCUT2D eigenvalue weighted by molar-refractivity contribution is 7.98. The Labute approximate surface area is 111 Å². The Hall–Kier alpha value is -1.66. The topological polar surface area (TPSA) is 58.6 Å². The van der Waals surface area contributed by atoms with Crippen molar-refractivity contribution >= 4 is 33.3 Å². The highest BCUT2D eigenvalue weighted by atomic mass is 32.2. The third-order valence-corrected chi connectivity index (χ3v) is 4.44. The predicted octanol–water partition coefficient (Wildman–Crippen LogP) is 2.67. The maximum absolute atomic E-state index is 11.1. The van der Waals surface area contributed by atoms with E-state index in [0.29, 0.717) is 10.9 Å². The normalized spacial score (nSPS) is 10.9. The van der Waals surface area contributed by atoms with Crippen LogP contribution in [0.1, 0.15) is 5.01 Å². The summed E-state index contributed by atoms with van der Waals surface area (Å²) in [6.45, 7) is 0. The fourth-order valence-corrected chi connectivity index (χ4v) is 3.35. The van der Waals surface area contributed by atoms with Gasteiger partial charge >= 0.3 is 0 Å². The van der Waals surface area contributed by atoms with Crippen LogP contribution < -0.4 is 5.56 Å². The molecule has 1 aromatic carbocycles. The zero-order chi connectivity index (χ0) is 12.4. The fraction of sp³-hybridized carbons (Fsp3) is 0.0833. The summed E-state index contributed by atoms with van der Waals surface area (Å²) in [5.74, 6) is 0.715. The molecule has 2 aromatic heterocycles. The maximum atomic E-state index is 11.1. The van der Waals surface area contributed by atoms with Crippen LogP contribution in [0.25, 0.3) is 10.2 Å². The lowest BCUT2D eigenvalue weighted by atomic mass is 10.3. The van der Waals surface area contributed by atoms with Crippen LogP contribution in [-0.2, 0) is 5.75 Å². The monoisotopic (exact) mass is 275 g/mol. The lowest BCUT2D eigenvalue weighted by Gasteiger charge is -1.96. The number of aromatic nitrogens is 3. The molecule has 0 saturated heterocycles. The van der Waals surface area contributed by atoms with Crippen LogP contribution in [0.2, 0.25) is 0 Å². The van der Waals surface area contributed by atoms with Gasteiger partial charge in [-0.2, -0.15) is 0 Å². The van der Waals surface area contributed by atoms with Gasteiger partial charge in [0.25, 0.3) is 5.56 Å². The summed E-state index contributed by atoms with van der Waals surface area (Å²) in [7, 11) is 0. The van der Waals surface area contributed by atoms with E-state index in [1.165, 1.54) is 28.7 Å². The van der Waals surface area contributed by atoms with Gasteiger partial charge in [0.05, 0.1) is 16.0 Å². The van der Waals surface area contributed by atoms with Gasteiger partial charge in [-0.25, -0.2) is 9.97 Å². The molecule has 0 aliphatic carbocycles. The molecule has 3 aromatic rings. The number of benzene rings is 1. The van der Waals surface area contributed by atoms with Crippen molar-refractivity contribution < 1.29 is 0 Å². The summed E-state index contributed by atoms with van der Waals surface area (Å²) in [5.41, 5.74) is 0.893. The van der Waals surface area contributed by atoms with Crippen molar-refractivity contribution in [2.45, 2.75) is 10.9 Å². The minimum absolute atomic E-state index is 0.128. The highest BCUT2D eigenvalue weighted by Gasteiger charge is 2.04. The molecule has 1 N–H and O–H groups in total. The number of fused-ring (bicyclic) bond motifs is 1. The van der Waals surface area contributed by atoms with Crippen LogP contribution in [0, 0.1) is 0 Å². The van der Waals surface area contributed by atoms with E-state index in [1.54, 1.807) is 11.3 Å². The van der Waals surface area contributed by atoms with Gasteiger partial charge < -0.3 is 4.98 Å². The van der Waals surface area contributed by atoms with Gasteiger partial charge in [-0.3, -0.25) is 4.79 Å². The Morgan fingerprint density at radius 1 is 1.28 bits per heavy atom. The molecule has 18 heavy (non-hydrogen) atoms. The first-order valence-corrected chi connectivity index (χ1v) is 7.14. The third kappa shape index (κ3) is 2.44. The molecular formula is C12H9N3OS2. The van der Waals surface area contributed by atoms with Crippen LogP contribution in [0.5, 0.6) is 0 Å². The number of aromatic amines is 1. The van der Waals surface area contributed by atoms with Crippen molar-refractivity contribution in [3.05, 3.63) is 51.9 Å². The summed E-state index contributed by atoms with van der Waals surface area (Å²) >= 11 is 3.15. The number of rotatable bonds is 3. The number of thioether (sulfide) groups is 1. The number of nitrogens with one attached hydrogen (secondary N) is 1. The molecule has 6 heteroatoms. The van der Waals surface area contributed by atoms with Gasteiger partial charge in [0.15, 0.2) is 5.16 Å².